The van der Waals surface area contributed by atoms with E-state index in [2.05, 4.69) is 12.2 Å². The van der Waals surface area contributed by atoms with E-state index in [1.807, 2.05) is 0 Å². The number of aliphatic hydroxyl groups is 2. The van der Waals surface area contributed by atoms with Crippen LogP contribution < -0.4 is 5.32 Å². The van der Waals surface area contributed by atoms with Crippen LogP contribution in [-0.4, -0.2) is 35.4 Å². The molecule has 2 aliphatic carbocycles. The maximum atomic E-state index is 11.8. The third-order valence-corrected chi connectivity index (χ3v) is 5.29. The van der Waals surface area contributed by atoms with E-state index >= 15 is 0 Å². The molecule has 3 N–H and O–H groups in total. The lowest BCUT2D eigenvalue weighted by atomic mass is 9.69. The summed E-state index contributed by atoms with van der Waals surface area (Å²) in [5.41, 5.74) is -0.406. The van der Waals surface area contributed by atoms with Crippen molar-refractivity contribution >= 4 is 5.91 Å². The standard InChI is InChI=1S/C11H17NO3/c1-6-8-11(5-14)3-10(6,4-13)2-7(11)9(15)12-8/h6-8,13-14H,2-5H2,1H3,(H,12,15). The number of nitrogens with one attached hydrogen (secondary N) is 1. The van der Waals surface area contributed by atoms with Crippen molar-refractivity contribution in [1.29, 1.82) is 0 Å². The molecule has 1 amide bonds. The highest BCUT2D eigenvalue weighted by atomic mass is 16.3. The number of rotatable bonds is 2. The molecule has 0 aromatic carbocycles. The van der Waals surface area contributed by atoms with E-state index in [-0.39, 0.29) is 47.8 Å². The van der Waals surface area contributed by atoms with Gasteiger partial charge >= 0.3 is 0 Å². The molecule has 5 unspecified atom stereocenters. The zero-order valence-corrected chi connectivity index (χ0v) is 8.86. The molecule has 0 spiro atoms. The average Bonchev–Trinajstić information content (AvgIpc) is 2.76. The Morgan fingerprint density at radius 2 is 2.20 bits per heavy atom. The summed E-state index contributed by atoms with van der Waals surface area (Å²) in [5, 5.41) is 22.1. The summed E-state index contributed by atoms with van der Waals surface area (Å²) in [5.74, 6) is 0.280. The molecule has 3 rings (SSSR count). The number of carbonyl (C=O) groups is 1. The van der Waals surface area contributed by atoms with Gasteiger partial charge < -0.3 is 15.5 Å². The van der Waals surface area contributed by atoms with Gasteiger partial charge in [0.1, 0.15) is 0 Å². The topological polar surface area (TPSA) is 69.6 Å². The Bertz CT molecular complexity index is 332. The van der Waals surface area contributed by atoms with Gasteiger partial charge in [0.05, 0.1) is 6.61 Å². The minimum Gasteiger partial charge on any atom is -0.396 e. The predicted molar refractivity (Wildman–Crippen MR) is 52.9 cm³/mol. The van der Waals surface area contributed by atoms with Crippen LogP contribution in [0.3, 0.4) is 0 Å². The van der Waals surface area contributed by atoms with Crippen LogP contribution in [0.25, 0.3) is 0 Å². The summed E-state index contributed by atoms with van der Waals surface area (Å²) in [6, 6.07) is 0.0703. The Morgan fingerprint density at radius 3 is 2.73 bits per heavy atom. The van der Waals surface area contributed by atoms with Crippen LogP contribution in [0.5, 0.6) is 0 Å². The molecule has 4 nitrogen and oxygen atoms in total. The van der Waals surface area contributed by atoms with E-state index in [0.29, 0.717) is 0 Å². The van der Waals surface area contributed by atoms with Crippen molar-refractivity contribution in [3.63, 3.8) is 0 Å². The molecule has 84 valence electrons. The molecule has 3 fully saturated rings. The number of carbonyl (C=O) groups excluding carboxylic acids is 1. The fourth-order valence-electron chi connectivity index (χ4n) is 4.39. The van der Waals surface area contributed by atoms with Crippen molar-refractivity contribution in [3.8, 4) is 0 Å². The SMILES string of the molecule is CC1C2NC(=O)C3CC1(CO)CC32CO. The van der Waals surface area contributed by atoms with E-state index in [1.54, 1.807) is 0 Å². The molecule has 4 heteroatoms. The molecule has 1 saturated heterocycles. The van der Waals surface area contributed by atoms with Gasteiger partial charge in [0.25, 0.3) is 0 Å². The van der Waals surface area contributed by atoms with Crippen LogP contribution in [0.2, 0.25) is 0 Å². The summed E-state index contributed by atoms with van der Waals surface area (Å²) < 4.78 is 0. The highest BCUT2D eigenvalue weighted by Gasteiger charge is 2.73. The van der Waals surface area contributed by atoms with Crippen LogP contribution in [0.4, 0.5) is 0 Å². The van der Waals surface area contributed by atoms with Crippen LogP contribution in [0, 0.1) is 22.7 Å². The van der Waals surface area contributed by atoms with Crippen molar-refractivity contribution in [2.24, 2.45) is 22.7 Å². The van der Waals surface area contributed by atoms with Crippen molar-refractivity contribution in [2.75, 3.05) is 13.2 Å². The Hall–Kier alpha value is -0.610. The smallest absolute Gasteiger partial charge is 0.224 e. The Labute approximate surface area is 88.7 Å². The molecule has 0 radical (unpaired) electrons. The first-order chi connectivity index (χ1) is 7.09. The van der Waals surface area contributed by atoms with Crippen LogP contribution in [0.1, 0.15) is 19.8 Å². The van der Waals surface area contributed by atoms with Gasteiger partial charge in [-0.1, -0.05) is 6.92 Å². The second kappa shape index (κ2) is 2.55. The maximum absolute atomic E-state index is 11.8. The minimum atomic E-state index is -0.279. The average molecular weight is 211 g/mol. The lowest BCUT2D eigenvalue weighted by molar-refractivity contribution is -0.123. The first kappa shape index (κ1) is 9.60. The van der Waals surface area contributed by atoms with Crippen LogP contribution in [0.15, 0.2) is 0 Å². The van der Waals surface area contributed by atoms with Crippen LogP contribution in [-0.2, 0) is 4.79 Å². The molecule has 15 heavy (non-hydrogen) atoms. The van der Waals surface area contributed by atoms with Crippen LogP contribution >= 0.6 is 0 Å². The van der Waals surface area contributed by atoms with Gasteiger partial charge in [-0.05, 0) is 24.2 Å². The Kier molecular flexibility index (Phi) is 1.63. The first-order valence-electron chi connectivity index (χ1n) is 5.62. The molecule has 2 saturated carbocycles. The summed E-state index contributed by atoms with van der Waals surface area (Å²) >= 11 is 0. The largest absolute Gasteiger partial charge is 0.396 e. The number of hydrogen-bond acceptors (Lipinski definition) is 3. The molecule has 3 aliphatic rings. The van der Waals surface area contributed by atoms with E-state index in [9.17, 15) is 15.0 Å². The highest BCUT2D eigenvalue weighted by molar-refractivity contribution is 5.84. The summed E-state index contributed by atoms with van der Waals surface area (Å²) in [6.45, 7) is 2.28. The monoisotopic (exact) mass is 211 g/mol. The zero-order chi connectivity index (χ0) is 10.8. The maximum Gasteiger partial charge on any atom is 0.224 e. The van der Waals surface area contributed by atoms with Crippen molar-refractivity contribution in [2.45, 2.75) is 25.8 Å². The molecule has 0 aromatic heterocycles. The lowest BCUT2D eigenvalue weighted by Gasteiger charge is -2.36. The Morgan fingerprint density at radius 1 is 1.47 bits per heavy atom. The molecule has 2 bridgehead atoms. The van der Waals surface area contributed by atoms with Crippen molar-refractivity contribution < 1.29 is 15.0 Å². The normalized spacial score (nSPS) is 56.2. The second-order valence-corrected chi connectivity index (χ2v) is 5.62. The number of fused-ring (bicyclic) bond motifs is 1. The van der Waals surface area contributed by atoms with Gasteiger partial charge in [-0.2, -0.15) is 0 Å². The van der Waals surface area contributed by atoms with E-state index < -0.39 is 0 Å². The van der Waals surface area contributed by atoms with Crippen molar-refractivity contribution in [1.82, 2.24) is 5.32 Å². The predicted octanol–water partition coefficient (Wildman–Crippen LogP) is -0.498. The molecule has 1 aliphatic heterocycles. The molecule has 5 atom stereocenters. The molecule has 0 aromatic rings. The number of amides is 1. The second-order valence-electron chi connectivity index (χ2n) is 5.62. The van der Waals surface area contributed by atoms with Gasteiger partial charge in [-0.15, -0.1) is 0 Å². The fourth-order valence-corrected chi connectivity index (χ4v) is 4.39. The summed E-state index contributed by atoms with van der Waals surface area (Å²) in [7, 11) is 0. The lowest BCUT2D eigenvalue weighted by Crippen LogP contribution is -2.44. The van der Waals surface area contributed by atoms with Gasteiger partial charge in [0.2, 0.25) is 5.91 Å². The number of aliphatic hydroxyl groups excluding tert-OH is 2. The molecular weight excluding hydrogens is 194 g/mol. The Balaban J connectivity index is 2.10. The fraction of sp³-hybridized carbons (Fsp3) is 0.909. The summed E-state index contributed by atoms with van der Waals surface area (Å²) in [4.78, 5) is 11.8. The van der Waals surface area contributed by atoms with E-state index in [1.165, 1.54) is 0 Å². The number of hydrogen-bond donors (Lipinski definition) is 3. The quantitative estimate of drug-likeness (QED) is 0.577. The zero-order valence-electron chi connectivity index (χ0n) is 8.86. The molecule has 1 heterocycles. The van der Waals surface area contributed by atoms with Gasteiger partial charge in [0, 0.05) is 24.0 Å². The third kappa shape index (κ3) is 0.807. The van der Waals surface area contributed by atoms with Gasteiger partial charge in [-0.25, -0.2) is 0 Å². The van der Waals surface area contributed by atoms with Gasteiger partial charge in [0.15, 0.2) is 0 Å². The van der Waals surface area contributed by atoms with E-state index in [0.717, 1.165) is 12.8 Å². The van der Waals surface area contributed by atoms with Crippen molar-refractivity contribution in [3.05, 3.63) is 0 Å². The molecular formula is C11H17NO3. The first-order valence-corrected chi connectivity index (χ1v) is 5.62. The highest BCUT2D eigenvalue weighted by Crippen LogP contribution is 2.68. The summed E-state index contributed by atoms with van der Waals surface area (Å²) in [6.07, 6.45) is 1.54. The van der Waals surface area contributed by atoms with Gasteiger partial charge in [-0.3, -0.25) is 4.79 Å². The third-order valence-electron chi connectivity index (χ3n) is 5.29. The van der Waals surface area contributed by atoms with E-state index in [4.69, 9.17) is 0 Å². The minimum absolute atomic E-state index is 0.0627.